The summed E-state index contributed by atoms with van der Waals surface area (Å²) in [5.41, 5.74) is 3.60. The van der Waals surface area contributed by atoms with Crippen LogP contribution in [0, 0.1) is 5.41 Å². The summed E-state index contributed by atoms with van der Waals surface area (Å²) in [6, 6.07) is 6.10. The van der Waals surface area contributed by atoms with Gasteiger partial charge in [-0.2, -0.15) is 0 Å². The average Bonchev–Trinajstić information content (AvgIpc) is 2.98. The molecule has 3 aliphatic heterocycles. The lowest BCUT2D eigenvalue weighted by atomic mass is 9.80. The van der Waals surface area contributed by atoms with Gasteiger partial charge in [-0.1, -0.05) is 6.07 Å². The van der Waals surface area contributed by atoms with Gasteiger partial charge in [0.05, 0.1) is 0 Å². The van der Waals surface area contributed by atoms with E-state index in [-0.39, 0.29) is 5.91 Å². The van der Waals surface area contributed by atoms with Crippen molar-refractivity contribution >= 4 is 11.6 Å². The molecule has 0 saturated carbocycles. The number of amides is 1. The zero-order valence-electron chi connectivity index (χ0n) is 13.1. The molecule has 1 amide bonds. The van der Waals surface area contributed by atoms with Gasteiger partial charge in [0.15, 0.2) is 0 Å². The summed E-state index contributed by atoms with van der Waals surface area (Å²) in [4.78, 5) is 15.1. The molecule has 22 heavy (non-hydrogen) atoms. The van der Waals surface area contributed by atoms with Crippen molar-refractivity contribution in [2.45, 2.75) is 32.1 Å². The number of likely N-dealkylation sites (tertiary alicyclic amines) is 1. The van der Waals surface area contributed by atoms with Crippen LogP contribution in [0.1, 0.15) is 41.6 Å². The van der Waals surface area contributed by atoms with Crippen LogP contribution in [0.2, 0.25) is 0 Å². The van der Waals surface area contributed by atoms with Crippen molar-refractivity contribution in [3.63, 3.8) is 0 Å². The summed E-state index contributed by atoms with van der Waals surface area (Å²) in [5.74, 6) is 0.226. The Hall–Kier alpha value is -1.55. The molecule has 2 fully saturated rings. The van der Waals surface area contributed by atoms with Gasteiger partial charge in [0.1, 0.15) is 0 Å². The molecule has 0 radical (unpaired) electrons. The molecule has 1 aromatic rings. The van der Waals surface area contributed by atoms with E-state index in [1.807, 2.05) is 12.1 Å². The number of nitrogens with one attached hydrogen (secondary N) is 1. The molecule has 4 nitrogen and oxygen atoms in total. The Morgan fingerprint density at radius 3 is 2.95 bits per heavy atom. The van der Waals surface area contributed by atoms with Gasteiger partial charge >= 0.3 is 0 Å². The lowest BCUT2D eigenvalue weighted by molar-refractivity contribution is 0.0191. The van der Waals surface area contributed by atoms with Gasteiger partial charge in [-0.3, -0.25) is 4.79 Å². The molecular formula is C18H24N2O2. The molecular weight excluding hydrogens is 276 g/mol. The minimum absolute atomic E-state index is 0.226. The Bertz CT molecular complexity index is 578. The molecule has 3 heterocycles. The Labute approximate surface area is 131 Å². The normalized spacial score (nSPS) is 23.2. The Morgan fingerprint density at radius 1 is 1.23 bits per heavy atom. The summed E-state index contributed by atoms with van der Waals surface area (Å²) in [6.07, 6.45) is 5.46. The van der Waals surface area contributed by atoms with E-state index in [0.717, 1.165) is 76.2 Å². The molecule has 3 aliphatic rings. The van der Waals surface area contributed by atoms with Gasteiger partial charge < -0.3 is 15.0 Å². The first kappa shape index (κ1) is 14.1. The van der Waals surface area contributed by atoms with Crippen LogP contribution in [-0.4, -0.2) is 43.7 Å². The first-order chi connectivity index (χ1) is 10.8. The van der Waals surface area contributed by atoms with E-state index in [0.29, 0.717) is 5.41 Å². The zero-order chi connectivity index (χ0) is 15.0. The fourth-order valence-corrected chi connectivity index (χ4v) is 4.20. The van der Waals surface area contributed by atoms with E-state index in [9.17, 15) is 4.79 Å². The van der Waals surface area contributed by atoms with E-state index in [4.69, 9.17) is 4.74 Å². The maximum absolute atomic E-state index is 13.0. The zero-order valence-corrected chi connectivity index (χ0v) is 13.1. The highest BCUT2D eigenvalue weighted by molar-refractivity contribution is 5.97. The number of rotatable bonds is 1. The summed E-state index contributed by atoms with van der Waals surface area (Å²) in [6.45, 7) is 4.53. The van der Waals surface area contributed by atoms with Gasteiger partial charge in [-0.15, -0.1) is 0 Å². The van der Waals surface area contributed by atoms with E-state index < -0.39 is 0 Å². The standard InChI is InChI=1S/C18H24N2O2/c21-17(15-3-1-5-16-14(15)4-2-9-19-16)20-10-6-18(13-20)7-11-22-12-8-18/h1,3,5,19H,2,4,6-13H2. The van der Waals surface area contributed by atoms with E-state index in [2.05, 4.69) is 16.3 Å². The molecule has 0 aliphatic carbocycles. The molecule has 1 N–H and O–H groups in total. The largest absolute Gasteiger partial charge is 0.385 e. The lowest BCUT2D eigenvalue weighted by Gasteiger charge is -2.33. The van der Waals surface area contributed by atoms with E-state index in [1.54, 1.807) is 0 Å². The highest BCUT2D eigenvalue weighted by Gasteiger charge is 2.41. The van der Waals surface area contributed by atoms with Crippen LogP contribution in [0.3, 0.4) is 0 Å². The number of nitrogens with zero attached hydrogens (tertiary/aromatic N) is 1. The van der Waals surface area contributed by atoms with Crippen molar-refractivity contribution in [2.24, 2.45) is 5.41 Å². The summed E-state index contributed by atoms with van der Waals surface area (Å²) in [7, 11) is 0. The van der Waals surface area contributed by atoms with Crippen LogP contribution in [0.5, 0.6) is 0 Å². The third-order valence-corrected chi connectivity index (χ3v) is 5.60. The van der Waals surface area contributed by atoms with Crippen molar-refractivity contribution in [3.05, 3.63) is 29.3 Å². The quantitative estimate of drug-likeness (QED) is 0.867. The smallest absolute Gasteiger partial charge is 0.254 e. The van der Waals surface area contributed by atoms with Crippen molar-refractivity contribution in [2.75, 3.05) is 38.2 Å². The molecule has 0 bridgehead atoms. The molecule has 1 spiro atoms. The molecule has 2 saturated heterocycles. The van der Waals surface area contributed by atoms with Crippen LogP contribution < -0.4 is 5.32 Å². The predicted molar refractivity (Wildman–Crippen MR) is 86.3 cm³/mol. The van der Waals surface area contributed by atoms with Crippen LogP contribution in [0.4, 0.5) is 5.69 Å². The van der Waals surface area contributed by atoms with Gasteiger partial charge in [0.2, 0.25) is 0 Å². The number of ether oxygens (including phenoxy) is 1. The topological polar surface area (TPSA) is 41.6 Å². The van der Waals surface area contributed by atoms with Gasteiger partial charge in [-0.05, 0) is 55.2 Å². The monoisotopic (exact) mass is 300 g/mol. The average molecular weight is 300 g/mol. The number of fused-ring (bicyclic) bond motifs is 1. The second-order valence-corrected chi connectivity index (χ2v) is 6.95. The summed E-state index contributed by atoms with van der Waals surface area (Å²) < 4.78 is 5.50. The highest BCUT2D eigenvalue weighted by atomic mass is 16.5. The fourth-order valence-electron chi connectivity index (χ4n) is 4.20. The van der Waals surface area contributed by atoms with Gasteiger partial charge in [-0.25, -0.2) is 0 Å². The molecule has 0 unspecified atom stereocenters. The van der Waals surface area contributed by atoms with Crippen molar-refractivity contribution in [1.29, 1.82) is 0 Å². The number of carbonyl (C=O) groups is 1. The minimum atomic E-state index is 0.226. The second kappa shape index (κ2) is 5.58. The van der Waals surface area contributed by atoms with E-state index in [1.165, 1.54) is 5.56 Å². The van der Waals surface area contributed by atoms with Crippen molar-refractivity contribution < 1.29 is 9.53 Å². The maximum Gasteiger partial charge on any atom is 0.254 e. The first-order valence-electron chi connectivity index (χ1n) is 8.50. The Kier molecular flexibility index (Phi) is 3.57. The fraction of sp³-hybridized carbons (Fsp3) is 0.611. The summed E-state index contributed by atoms with van der Waals surface area (Å²) >= 11 is 0. The van der Waals surface area contributed by atoms with Gasteiger partial charge in [0.25, 0.3) is 5.91 Å². The summed E-state index contributed by atoms with van der Waals surface area (Å²) in [5, 5.41) is 3.42. The molecule has 0 atom stereocenters. The molecule has 1 aromatic carbocycles. The second-order valence-electron chi connectivity index (χ2n) is 6.95. The Balaban J connectivity index is 1.55. The molecule has 118 valence electrons. The highest BCUT2D eigenvalue weighted by Crippen LogP contribution is 2.40. The van der Waals surface area contributed by atoms with Gasteiger partial charge in [0, 0.05) is 44.1 Å². The number of benzene rings is 1. The number of hydrogen-bond donors (Lipinski definition) is 1. The first-order valence-corrected chi connectivity index (χ1v) is 8.50. The third kappa shape index (κ3) is 2.39. The van der Waals surface area contributed by atoms with Crippen LogP contribution in [-0.2, 0) is 11.2 Å². The molecule has 4 rings (SSSR count). The van der Waals surface area contributed by atoms with Crippen LogP contribution in [0.25, 0.3) is 0 Å². The SMILES string of the molecule is O=C(c1cccc2c1CCCN2)N1CCC2(CCOCC2)C1. The molecule has 4 heteroatoms. The maximum atomic E-state index is 13.0. The number of carbonyl (C=O) groups excluding carboxylic acids is 1. The van der Waals surface area contributed by atoms with Crippen LogP contribution in [0.15, 0.2) is 18.2 Å². The number of hydrogen-bond acceptors (Lipinski definition) is 3. The van der Waals surface area contributed by atoms with E-state index >= 15 is 0 Å². The predicted octanol–water partition coefficient (Wildman–Crippen LogP) is 2.69. The molecule has 0 aromatic heterocycles. The lowest BCUT2D eigenvalue weighted by Crippen LogP contribution is -2.36. The number of anilines is 1. The van der Waals surface area contributed by atoms with Crippen molar-refractivity contribution in [1.82, 2.24) is 4.90 Å². The van der Waals surface area contributed by atoms with Crippen molar-refractivity contribution in [3.8, 4) is 0 Å². The Morgan fingerprint density at radius 2 is 2.09 bits per heavy atom. The third-order valence-electron chi connectivity index (χ3n) is 5.60. The minimum Gasteiger partial charge on any atom is -0.385 e. The van der Waals surface area contributed by atoms with Crippen LogP contribution >= 0.6 is 0 Å².